The molecule has 0 amide bonds. The van der Waals surface area contributed by atoms with Crippen LogP contribution in [0.3, 0.4) is 0 Å². The van der Waals surface area contributed by atoms with Gasteiger partial charge in [0.2, 0.25) is 0 Å². The van der Waals surface area contributed by atoms with Crippen molar-refractivity contribution in [3.63, 3.8) is 0 Å². The largest absolute Gasteiger partial charge is 0.383 e. The van der Waals surface area contributed by atoms with Crippen molar-refractivity contribution < 1.29 is 4.74 Å². The van der Waals surface area contributed by atoms with E-state index in [0.29, 0.717) is 11.8 Å². The van der Waals surface area contributed by atoms with E-state index in [4.69, 9.17) is 16.3 Å². The quantitative estimate of drug-likeness (QED) is 0.748. The lowest BCUT2D eigenvalue weighted by Crippen LogP contribution is -2.27. The summed E-state index contributed by atoms with van der Waals surface area (Å²) in [6.45, 7) is 4.38. The van der Waals surface area contributed by atoms with E-state index < -0.39 is 0 Å². The molecule has 1 aromatic rings. The van der Waals surface area contributed by atoms with E-state index in [1.807, 2.05) is 0 Å². The fourth-order valence-corrected chi connectivity index (χ4v) is 1.26. The Balaban J connectivity index is 2.68. The first-order valence-electron chi connectivity index (χ1n) is 4.49. The Morgan fingerprint density at radius 3 is 2.86 bits per heavy atom. The zero-order valence-corrected chi connectivity index (χ0v) is 9.16. The van der Waals surface area contributed by atoms with Crippen LogP contribution in [0.5, 0.6) is 0 Å². The van der Waals surface area contributed by atoms with Crippen LogP contribution in [-0.2, 0) is 4.74 Å². The van der Waals surface area contributed by atoms with E-state index in [1.54, 1.807) is 13.3 Å². The van der Waals surface area contributed by atoms with Gasteiger partial charge in [-0.25, -0.2) is 4.98 Å². The molecule has 0 saturated carbocycles. The van der Waals surface area contributed by atoms with Crippen LogP contribution < -0.4 is 4.90 Å². The van der Waals surface area contributed by atoms with Gasteiger partial charge in [-0.3, -0.25) is 4.98 Å². The first-order valence-corrected chi connectivity index (χ1v) is 4.87. The minimum absolute atomic E-state index is 0.415. The second-order valence-electron chi connectivity index (χ2n) is 2.77. The van der Waals surface area contributed by atoms with Gasteiger partial charge in [-0.1, -0.05) is 11.6 Å². The molecule has 0 aromatic carbocycles. The molecule has 0 unspecified atom stereocenters. The van der Waals surface area contributed by atoms with Crippen LogP contribution in [-0.4, -0.2) is 36.8 Å². The number of halogens is 1. The highest BCUT2D eigenvalue weighted by molar-refractivity contribution is 6.29. The Morgan fingerprint density at radius 1 is 1.50 bits per heavy atom. The molecular formula is C9H14ClN3O. The van der Waals surface area contributed by atoms with Crippen molar-refractivity contribution in [3.05, 3.63) is 17.5 Å². The Bertz CT molecular complexity index is 283. The van der Waals surface area contributed by atoms with Crippen LogP contribution in [0, 0.1) is 0 Å². The molecule has 0 saturated heterocycles. The lowest BCUT2D eigenvalue weighted by atomic mass is 10.5. The lowest BCUT2D eigenvalue weighted by molar-refractivity contribution is 0.205. The number of hydrogen-bond donors (Lipinski definition) is 0. The minimum Gasteiger partial charge on any atom is -0.383 e. The molecule has 0 N–H and O–H groups in total. The van der Waals surface area contributed by atoms with Gasteiger partial charge >= 0.3 is 0 Å². The van der Waals surface area contributed by atoms with Crippen LogP contribution in [0.2, 0.25) is 5.15 Å². The maximum atomic E-state index is 5.75. The van der Waals surface area contributed by atoms with E-state index in [0.717, 1.165) is 18.9 Å². The van der Waals surface area contributed by atoms with Crippen molar-refractivity contribution in [2.75, 3.05) is 31.7 Å². The van der Waals surface area contributed by atoms with Gasteiger partial charge in [0.15, 0.2) is 0 Å². The number of methoxy groups -OCH3 is 1. The highest BCUT2D eigenvalue weighted by atomic mass is 35.5. The predicted octanol–water partition coefficient (Wildman–Crippen LogP) is 1.60. The summed E-state index contributed by atoms with van der Waals surface area (Å²) in [5.41, 5.74) is 0. The third-order valence-corrected chi connectivity index (χ3v) is 2.05. The average molecular weight is 216 g/mol. The molecule has 14 heavy (non-hydrogen) atoms. The molecule has 0 radical (unpaired) electrons. The predicted molar refractivity (Wildman–Crippen MR) is 56.8 cm³/mol. The Hall–Kier alpha value is -0.870. The van der Waals surface area contributed by atoms with Crippen LogP contribution in [0.1, 0.15) is 6.92 Å². The first-order chi connectivity index (χ1) is 6.77. The molecule has 0 aliphatic carbocycles. The lowest BCUT2D eigenvalue weighted by Gasteiger charge is -2.20. The second kappa shape index (κ2) is 5.78. The van der Waals surface area contributed by atoms with Gasteiger partial charge in [0.25, 0.3) is 0 Å². The molecule has 78 valence electrons. The van der Waals surface area contributed by atoms with Crippen molar-refractivity contribution in [2.45, 2.75) is 6.92 Å². The Kier molecular flexibility index (Phi) is 4.62. The third kappa shape index (κ3) is 3.12. The van der Waals surface area contributed by atoms with E-state index in [2.05, 4.69) is 21.8 Å². The van der Waals surface area contributed by atoms with Crippen molar-refractivity contribution in [1.82, 2.24) is 9.97 Å². The molecule has 0 fully saturated rings. The van der Waals surface area contributed by atoms with Crippen molar-refractivity contribution in [2.24, 2.45) is 0 Å². The van der Waals surface area contributed by atoms with Crippen molar-refractivity contribution in [1.29, 1.82) is 0 Å². The van der Waals surface area contributed by atoms with Gasteiger partial charge in [0.05, 0.1) is 19.0 Å². The molecule has 0 aliphatic heterocycles. The second-order valence-corrected chi connectivity index (χ2v) is 3.16. The summed E-state index contributed by atoms with van der Waals surface area (Å²) in [6.07, 6.45) is 3.22. The zero-order chi connectivity index (χ0) is 10.4. The van der Waals surface area contributed by atoms with E-state index in [1.165, 1.54) is 6.20 Å². The molecule has 0 spiro atoms. The van der Waals surface area contributed by atoms with Gasteiger partial charge in [-0.15, -0.1) is 0 Å². The first kappa shape index (κ1) is 11.2. The summed E-state index contributed by atoms with van der Waals surface area (Å²) >= 11 is 5.75. The van der Waals surface area contributed by atoms with E-state index in [9.17, 15) is 0 Å². The van der Waals surface area contributed by atoms with Crippen molar-refractivity contribution in [3.8, 4) is 0 Å². The third-order valence-electron chi connectivity index (χ3n) is 1.86. The molecule has 1 heterocycles. The zero-order valence-electron chi connectivity index (χ0n) is 8.40. The Labute approximate surface area is 88.9 Å². The number of ether oxygens (including phenoxy) is 1. The summed E-state index contributed by atoms with van der Waals surface area (Å²) in [5.74, 6) is 0.789. The molecule has 4 nitrogen and oxygen atoms in total. The molecule has 5 heteroatoms. The van der Waals surface area contributed by atoms with Gasteiger partial charge in [0, 0.05) is 20.2 Å². The average Bonchev–Trinajstić information content (AvgIpc) is 2.19. The van der Waals surface area contributed by atoms with Crippen LogP contribution in [0.25, 0.3) is 0 Å². The smallest absolute Gasteiger partial charge is 0.149 e. The van der Waals surface area contributed by atoms with Crippen LogP contribution in [0.15, 0.2) is 12.4 Å². The van der Waals surface area contributed by atoms with Gasteiger partial charge in [-0.05, 0) is 6.92 Å². The molecular weight excluding hydrogens is 202 g/mol. The van der Waals surface area contributed by atoms with Gasteiger partial charge in [0.1, 0.15) is 11.0 Å². The number of hydrogen-bond acceptors (Lipinski definition) is 4. The fraction of sp³-hybridized carbons (Fsp3) is 0.556. The number of rotatable bonds is 5. The maximum absolute atomic E-state index is 5.75. The monoisotopic (exact) mass is 215 g/mol. The van der Waals surface area contributed by atoms with Crippen molar-refractivity contribution >= 4 is 17.4 Å². The molecule has 0 atom stereocenters. The summed E-state index contributed by atoms with van der Waals surface area (Å²) in [5, 5.41) is 0.415. The topological polar surface area (TPSA) is 38.2 Å². The highest BCUT2D eigenvalue weighted by Crippen LogP contribution is 2.11. The Morgan fingerprint density at radius 2 is 2.29 bits per heavy atom. The molecule has 1 aromatic heterocycles. The van der Waals surface area contributed by atoms with Gasteiger partial charge in [-0.2, -0.15) is 0 Å². The van der Waals surface area contributed by atoms with E-state index in [-0.39, 0.29) is 0 Å². The highest BCUT2D eigenvalue weighted by Gasteiger charge is 2.05. The standard InChI is InChI=1S/C9H14ClN3O/c1-3-13(4-5-14-2)9-7-11-6-8(10)12-9/h6-7H,3-5H2,1-2H3. The molecule has 1 rings (SSSR count). The summed E-state index contributed by atoms with van der Waals surface area (Å²) < 4.78 is 5.00. The van der Waals surface area contributed by atoms with Crippen LogP contribution >= 0.6 is 11.6 Å². The number of nitrogens with zero attached hydrogens (tertiary/aromatic N) is 3. The van der Waals surface area contributed by atoms with Crippen LogP contribution in [0.4, 0.5) is 5.82 Å². The van der Waals surface area contributed by atoms with E-state index >= 15 is 0 Å². The fourth-order valence-electron chi connectivity index (χ4n) is 1.12. The molecule has 0 bridgehead atoms. The number of likely N-dealkylation sites (N-methyl/N-ethyl adjacent to an activating group) is 1. The SMILES string of the molecule is CCN(CCOC)c1cncc(Cl)n1. The minimum atomic E-state index is 0.415. The van der Waals surface area contributed by atoms with Gasteiger partial charge < -0.3 is 9.64 Å². The summed E-state index contributed by atoms with van der Waals surface area (Å²) in [7, 11) is 1.68. The summed E-state index contributed by atoms with van der Waals surface area (Å²) in [4.78, 5) is 10.2. The number of anilines is 1. The normalized spacial score (nSPS) is 10.2. The number of aromatic nitrogens is 2. The maximum Gasteiger partial charge on any atom is 0.149 e. The summed E-state index contributed by atoms with van der Waals surface area (Å²) in [6, 6.07) is 0. The molecule has 0 aliphatic rings.